The zero-order chi connectivity index (χ0) is 22.4. The van der Waals surface area contributed by atoms with Crippen LogP contribution in [0, 0.1) is 27.7 Å². The Hall–Kier alpha value is -3.48. The minimum absolute atomic E-state index is 0.118. The molecule has 0 radical (unpaired) electrons. The third kappa shape index (κ3) is 3.79. The van der Waals surface area contributed by atoms with Crippen molar-refractivity contribution in [3.05, 3.63) is 70.3 Å². The largest absolute Gasteiger partial charge is 0.321 e. The second kappa shape index (κ2) is 7.89. The fourth-order valence-electron chi connectivity index (χ4n) is 4.48. The molecule has 1 amide bonds. The fourth-order valence-corrected chi connectivity index (χ4v) is 4.48. The van der Waals surface area contributed by atoms with Crippen LogP contribution >= 0.6 is 0 Å². The number of amides is 1. The Bertz CT molecular complexity index is 1330. The number of aryl methyl sites for hydroxylation is 3. The van der Waals surface area contributed by atoms with Crippen LogP contribution in [-0.2, 0) is 17.9 Å². The maximum absolute atomic E-state index is 12.9. The number of hydrogen-bond donors (Lipinski definition) is 1. The highest BCUT2D eigenvalue weighted by molar-refractivity contribution is 5.93. The molecular weight excluding hydrogens is 400 g/mol. The van der Waals surface area contributed by atoms with Crippen molar-refractivity contribution in [1.29, 1.82) is 0 Å². The topological polar surface area (TPSA) is 77.6 Å². The lowest BCUT2D eigenvalue weighted by atomic mass is 10.1. The molecule has 4 aromatic rings. The zero-order valence-electron chi connectivity index (χ0n) is 19.0. The number of nitrogens with one attached hydrogen (secondary N) is 1. The van der Waals surface area contributed by atoms with E-state index < -0.39 is 0 Å². The first-order valence-electron chi connectivity index (χ1n) is 11.1. The first-order valence-corrected chi connectivity index (χ1v) is 11.1. The third-order valence-corrected chi connectivity index (χ3v) is 6.21. The Morgan fingerprint density at radius 1 is 1.06 bits per heavy atom. The lowest BCUT2D eigenvalue weighted by molar-refractivity contribution is -0.116. The maximum Gasteiger partial charge on any atom is 0.246 e. The highest BCUT2D eigenvalue weighted by Gasteiger charge is 2.28. The Morgan fingerprint density at radius 2 is 1.84 bits per heavy atom. The number of pyridine rings is 1. The standard InChI is InChI=1S/C25H28N6O/c1-15-6-5-7-19(12-15)13-30-18(4)24(17(3)29-30)27-22(32)14-31-25-23(16(2)28-31)21(10-11-26-25)20-8-9-20/h5-7,10-12,20H,8-9,13-14H2,1-4H3,(H,27,32). The van der Waals surface area contributed by atoms with Gasteiger partial charge in [-0.3, -0.25) is 9.48 Å². The molecule has 32 heavy (non-hydrogen) atoms. The molecule has 1 aliphatic carbocycles. The van der Waals surface area contributed by atoms with Gasteiger partial charge in [-0.25, -0.2) is 9.67 Å². The van der Waals surface area contributed by atoms with Gasteiger partial charge in [-0.1, -0.05) is 29.8 Å². The van der Waals surface area contributed by atoms with Crippen LogP contribution in [0.5, 0.6) is 0 Å². The number of benzene rings is 1. The molecule has 1 aliphatic rings. The van der Waals surface area contributed by atoms with Gasteiger partial charge < -0.3 is 5.32 Å². The van der Waals surface area contributed by atoms with Crippen molar-refractivity contribution < 1.29 is 4.79 Å². The van der Waals surface area contributed by atoms with E-state index in [4.69, 9.17) is 0 Å². The van der Waals surface area contributed by atoms with Gasteiger partial charge in [-0.15, -0.1) is 0 Å². The van der Waals surface area contributed by atoms with Gasteiger partial charge in [0.25, 0.3) is 0 Å². The van der Waals surface area contributed by atoms with Gasteiger partial charge in [-0.2, -0.15) is 10.2 Å². The number of anilines is 1. The van der Waals surface area contributed by atoms with E-state index in [0.717, 1.165) is 33.8 Å². The van der Waals surface area contributed by atoms with Crippen LogP contribution in [0.25, 0.3) is 11.0 Å². The number of fused-ring (bicyclic) bond motifs is 1. The predicted octanol–water partition coefficient (Wildman–Crippen LogP) is 4.43. The van der Waals surface area contributed by atoms with Crippen LogP contribution in [0.15, 0.2) is 36.5 Å². The van der Waals surface area contributed by atoms with Crippen LogP contribution in [0.4, 0.5) is 5.69 Å². The lowest BCUT2D eigenvalue weighted by Crippen LogP contribution is -2.20. The van der Waals surface area contributed by atoms with Crippen molar-refractivity contribution >= 4 is 22.6 Å². The minimum atomic E-state index is -0.130. The van der Waals surface area contributed by atoms with E-state index in [1.807, 2.05) is 31.6 Å². The van der Waals surface area contributed by atoms with Crippen molar-refractivity contribution in [1.82, 2.24) is 24.5 Å². The summed E-state index contributed by atoms with van der Waals surface area (Å²) in [6.45, 7) is 8.77. The van der Waals surface area contributed by atoms with E-state index in [0.29, 0.717) is 12.5 Å². The van der Waals surface area contributed by atoms with Gasteiger partial charge in [0.05, 0.1) is 29.3 Å². The quantitative estimate of drug-likeness (QED) is 0.493. The zero-order valence-corrected chi connectivity index (χ0v) is 19.0. The summed E-state index contributed by atoms with van der Waals surface area (Å²) in [6, 6.07) is 10.5. The van der Waals surface area contributed by atoms with Gasteiger partial charge >= 0.3 is 0 Å². The number of carbonyl (C=O) groups excluding carboxylic acids is 1. The Morgan fingerprint density at radius 3 is 2.59 bits per heavy atom. The lowest BCUT2D eigenvalue weighted by Gasteiger charge is -2.08. The molecule has 1 aromatic carbocycles. The molecule has 0 aliphatic heterocycles. The van der Waals surface area contributed by atoms with Crippen LogP contribution in [-0.4, -0.2) is 30.5 Å². The second-order valence-corrected chi connectivity index (χ2v) is 8.86. The molecule has 164 valence electrons. The van der Waals surface area contributed by atoms with Crippen molar-refractivity contribution in [3.63, 3.8) is 0 Å². The van der Waals surface area contributed by atoms with Crippen LogP contribution < -0.4 is 5.32 Å². The number of rotatable bonds is 6. The van der Waals surface area contributed by atoms with Crippen molar-refractivity contribution in [3.8, 4) is 0 Å². The molecule has 1 N–H and O–H groups in total. The second-order valence-electron chi connectivity index (χ2n) is 8.86. The molecule has 1 fully saturated rings. The maximum atomic E-state index is 12.9. The molecule has 1 saturated carbocycles. The Balaban J connectivity index is 1.36. The summed E-state index contributed by atoms with van der Waals surface area (Å²) >= 11 is 0. The third-order valence-electron chi connectivity index (χ3n) is 6.21. The average molecular weight is 429 g/mol. The monoisotopic (exact) mass is 428 g/mol. The normalized spacial score (nSPS) is 13.6. The van der Waals surface area contributed by atoms with Crippen molar-refractivity contribution in [2.45, 2.75) is 59.5 Å². The molecule has 0 unspecified atom stereocenters. The predicted molar refractivity (Wildman–Crippen MR) is 125 cm³/mol. The average Bonchev–Trinajstić information content (AvgIpc) is 3.51. The number of hydrogen-bond acceptors (Lipinski definition) is 4. The van der Waals surface area contributed by atoms with Crippen LogP contribution in [0.2, 0.25) is 0 Å². The molecule has 7 heteroatoms. The van der Waals surface area contributed by atoms with Gasteiger partial charge in [-0.05, 0) is 63.6 Å². The van der Waals surface area contributed by atoms with E-state index in [-0.39, 0.29) is 12.5 Å². The summed E-state index contributed by atoms with van der Waals surface area (Å²) in [5.41, 5.74) is 7.94. The van der Waals surface area contributed by atoms with Gasteiger partial charge in [0.15, 0.2) is 5.65 Å². The fraction of sp³-hybridized carbons (Fsp3) is 0.360. The Kier molecular flexibility index (Phi) is 5.04. The number of nitrogens with zero attached hydrogens (tertiary/aromatic N) is 5. The first-order chi connectivity index (χ1) is 15.4. The number of aromatic nitrogens is 5. The first kappa shape index (κ1) is 20.4. The highest BCUT2D eigenvalue weighted by Crippen LogP contribution is 2.43. The summed E-state index contributed by atoms with van der Waals surface area (Å²) in [5, 5.41) is 13.4. The molecule has 0 spiro atoms. The molecule has 0 atom stereocenters. The van der Waals surface area contributed by atoms with Crippen LogP contribution in [0.3, 0.4) is 0 Å². The molecule has 3 heterocycles. The molecule has 7 nitrogen and oxygen atoms in total. The highest BCUT2D eigenvalue weighted by atomic mass is 16.2. The van der Waals surface area contributed by atoms with Gasteiger partial charge in [0, 0.05) is 11.6 Å². The summed E-state index contributed by atoms with van der Waals surface area (Å²) in [4.78, 5) is 17.5. The van der Waals surface area contributed by atoms with E-state index in [1.165, 1.54) is 29.5 Å². The van der Waals surface area contributed by atoms with E-state index >= 15 is 0 Å². The Labute approximate surface area is 187 Å². The van der Waals surface area contributed by atoms with Gasteiger partial charge in [0.1, 0.15) is 6.54 Å². The summed E-state index contributed by atoms with van der Waals surface area (Å²) in [6.07, 6.45) is 4.26. The van der Waals surface area contributed by atoms with E-state index in [9.17, 15) is 4.79 Å². The van der Waals surface area contributed by atoms with Gasteiger partial charge in [0.2, 0.25) is 5.91 Å². The molecular formula is C25H28N6O. The summed E-state index contributed by atoms with van der Waals surface area (Å²) in [5.74, 6) is 0.476. The van der Waals surface area contributed by atoms with Crippen LogP contribution in [0.1, 0.15) is 52.5 Å². The molecule has 0 bridgehead atoms. The SMILES string of the molecule is Cc1cccc(Cn2nc(C)c(NC(=O)Cn3nc(C)c4c(C5CC5)ccnc43)c2C)c1. The number of carbonyl (C=O) groups is 1. The molecule has 3 aromatic heterocycles. The van der Waals surface area contributed by atoms with E-state index in [2.05, 4.69) is 57.8 Å². The summed E-state index contributed by atoms with van der Waals surface area (Å²) < 4.78 is 3.66. The smallest absolute Gasteiger partial charge is 0.246 e. The molecule has 5 rings (SSSR count). The molecule has 0 saturated heterocycles. The van der Waals surface area contributed by atoms with Crippen molar-refractivity contribution in [2.75, 3.05) is 5.32 Å². The summed E-state index contributed by atoms with van der Waals surface area (Å²) in [7, 11) is 0. The van der Waals surface area contributed by atoms with E-state index in [1.54, 1.807) is 4.68 Å². The minimum Gasteiger partial charge on any atom is -0.321 e. The van der Waals surface area contributed by atoms with Crippen molar-refractivity contribution in [2.24, 2.45) is 0 Å².